The number of benzene rings is 1. The molecule has 6 rings (SSSR count). The molecule has 160 valence electrons. The summed E-state index contributed by atoms with van der Waals surface area (Å²) in [5.41, 5.74) is -1.53. The van der Waals surface area contributed by atoms with Gasteiger partial charge in [-0.3, -0.25) is 14.5 Å². The Labute approximate surface area is 175 Å². The average Bonchev–Trinajstić information content (AvgIpc) is 3.46. The molecule has 7 nitrogen and oxygen atoms in total. The third kappa shape index (κ3) is 2.26. The van der Waals surface area contributed by atoms with Crippen LogP contribution in [-0.2, 0) is 15.0 Å². The van der Waals surface area contributed by atoms with Crippen LogP contribution in [0.25, 0.3) is 0 Å². The minimum absolute atomic E-state index is 0.0814. The lowest BCUT2D eigenvalue weighted by Gasteiger charge is -2.67. The molecule has 1 spiro atoms. The highest BCUT2D eigenvalue weighted by Crippen LogP contribution is 2.63. The summed E-state index contributed by atoms with van der Waals surface area (Å²) in [6.07, 6.45) is 3.07. The van der Waals surface area contributed by atoms with Crippen molar-refractivity contribution in [3.8, 4) is 5.75 Å². The molecule has 7 heteroatoms. The minimum atomic E-state index is -1.22. The van der Waals surface area contributed by atoms with E-state index in [1.165, 1.54) is 12.8 Å². The molecule has 3 aliphatic carbocycles. The number of aromatic hydroxyl groups is 1. The molecule has 2 bridgehead atoms. The minimum Gasteiger partial charge on any atom is -0.508 e. The van der Waals surface area contributed by atoms with Crippen LogP contribution in [0.3, 0.4) is 0 Å². The zero-order valence-electron chi connectivity index (χ0n) is 16.9. The second-order valence-corrected chi connectivity index (χ2v) is 10.3. The first-order chi connectivity index (χ1) is 14.3. The van der Waals surface area contributed by atoms with Crippen molar-refractivity contribution in [3.63, 3.8) is 0 Å². The third-order valence-electron chi connectivity index (χ3n) is 8.67. The second kappa shape index (κ2) is 5.84. The van der Waals surface area contributed by atoms with Gasteiger partial charge in [-0.15, -0.1) is 0 Å². The van der Waals surface area contributed by atoms with Crippen LogP contribution in [0.2, 0.25) is 0 Å². The Balaban J connectivity index is 1.53. The normalized spacial score (nSPS) is 42.7. The van der Waals surface area contributed by atoms with E-state index in [0.717, 1.165) is 17.7 Å². The molecule has 0 unspecified atom stereocenters. The fourth-order valence-electron chi connectivity index (χ4n) is 7.10. The molecule has 0 radical (unpaired) electrons. The molecule has 1 aromatic carbocycles. The topological polar surface area (TPSA) is 110 Å². The zero-order chi connectivity index (χ0) is 20.9. The van der Waals surface area contributed by atoms with Crippen LogP contribution in [0.1, 0.15) is 62.2 Å². The molecule has 1 aromatic rings. The van der Waals surface area contributed by atoms with Gasteiger partial charge in [0.05, 0.1) is 24.2 Å². The average molecular weight is 412 g/mol. The fraction of sp³-hybridized carbons (Fsp3) is 0.652. The van der Waals surface area contributed by atoms with Crippen LogP contribution in [0.5, 0.6) is 5.75 Å². The lowest BCUT2D eigenvalue weighted by Crippen LogP contribution is -2.77. The Bertz CT molecular complexity index is 961. The van der Waals surface area contributed by atoms with Gasteiger partial charge in [0, 0.05) is 12.0 Å². The smallest absolute Gasteiger partial charge is 0.228 e. The summed E-state index contributed by atoms with van der Waals surface area (Å²) in [4.78, 5) is 27.2. The number of rotatable bonds is 2. The molecule has 2 saturated heterocycles. The van der Waals surface area contributed by atoms with Gasteiger partial charge in [-0.2, -0.15) is 0 Å². The number of likely N-dealkylation sites (tertiary alicyclic amines) is 1. The van der Waals surface area contributed by atoms with Gasteiger partial charge in [-0.05, 0) is 74.2 Å². The van der Waals surface area contributed by atoms with E-state index in [9.17, 15) is 24.9 Å². The van der Waals surface area contributed by atoms with Crippen molar-refractivity contribution in [2.24, 2.45) is 5.92 Å². The summed E-state index contributed by atoms with van der Waals surface area (Å²) >= 11 is 0. The predicted octanol–water partition coefficient (Wildman–Crippen LogP) is 0.904. The van der Waals surface area contributed by atoms with Crippen molar-refractivity contribution in [1.82, 2.24) is 10.2 Å². The van der Waals surface area contributed by atoms with Crippen LogP contribution < -0.4 is 5.32 Å². The maximum Gasteiger partial charge on any atom is 0.228 e. The number of phenols is 1. The van der Waals surface area contributed by atoms with E-state index in [0.29, 0.717) is 38.1 Å². The van der Waals surface area contributed by atoms with Crippen molar-refractivity contribution < 1.29 is 24.9 Å². The summed E-state index contributed by atoms with van der Waals surface area (Å²) in [6.45, 7) is 1.59. The number of hydrogen-bond donors (Lipinski definition) is 4. The maximum atomic E-state index is 12.9. The number of hydrogen-bond acceptors (Lipinski definition) is 6. The maximum absolute atomic E-state index is 12.9. The van der Waals surface area contributed by atoms with Crippen LogP contribution in [0.15, 0.2) is 18.2 Å². The number of carbonyl (C=O) groups excluding carboxylic acids is 2. The molecule has 0 aromatic heterocycles. The van der Waals surface area contributed by atoms with E-state index < -0.39 is 28.7 Å². The summed E-state index contributed by atoms with van der Waals surface area (Å²) in [5, 5.41) is 36.9. The standard InChI is InChI=1S/C23H28N2O5/c26-14-3-4-15-16(9-14)21-7-8-25(11-13-1-2-13)20(19(15)29)23(21,30)6-5-22(12-21)17(27)10-18(28)24-22/h3-4,9,13,19-20,26,29-30H,1-2,5-8,10-12H2,(H,24,28)/t19-,20-,21-,22+,23-/m1/s1. The molecule has 2 heterocycles. The number of amides is 1. The van der Waals surface area contributed by atoms with Gasteiger partial charge in [0.15, 0.2) is 5.78 Å². The Morgan fingerprint density at radius 2 is 1.97 bits per heavy atom. The number of nitrogens with zero attached hydrogens (tertiary/aromatic N) is 1. The monoisotopic (exact) mass is 412 g/mol. The summed E-state index contributed by atoms with van der Waals surface area (Å²) in [7, 11) is 0. The number of Topliss-reactive ketones (excluding diaryl/α,β-unsaturated/α-hetero) is 1. The van der Waals surface area contributed by atoms with Crippen molar-refractivity contribution in [2.45, 2.75) is 73.6 Å². The Morgan fingerprint density at radius 3 is 2.67 bits per heavy atom. The number of carbonyl (C=O) groups is 2. The summed E-state index contributed by atoms with van der Waals surface area (Å²) in [6, 6.07) is 4.52. The number of aliphatic hydroxyl groups is 2. The highest BCUT2D eigenvalue weighted by Gasteiger charge is 2.71. The number of phenolic OH excluding ortho intramolecular Hbond substituents is 1. The molecular weight excluding hydrogens is 384 g/mol. The molecule has 4 N–H and O–H groups in total. The van der Waals surface area contributed by atoms with Crippen molar-refractivity contribution in [2.75, 3.05) is 13.1 Å². The predicted molar refractivity (Wildman–Crippen MR) is 107 cm³/mol. The van der Waals surface area contributed by atoms with Gasteiger partial charge in [-0.25, -0.2) is 0 Å². The lowest BCUT2D eigenvalue weighted by molar-refractivity contribution is -0.208. The number of fused-ring (bicyclic) bond motifs is 1. The van der Waals surface area contributed by atoms with Crippen LogP contribution in [-0.4, -0.2) is 62.2 Å². The number of nitrogens with one attached hydrogen (secondary N) is 1. The van der Waals surface area contributed by atoms with Gasteiger partial charge in [0.1, 0.15) is 11.3 Å². The fourth-order valence-corrected chi connectivity index (χ4v) is 7.10. The van der Waals surface area contributed by atoms with Gasteiger partial charge in [0.25, 0.3) is 0 Å². The molecule has 1 amide bonds. The Hall–Kier alpha value is -1.96. The number of ketones is 1. The van der Waals surface area contributed by atoms with E-state index in [2.05, 4.69) is 10.2 Å². The van der Waals surface area contributed by atoms with Gasteiger partial charge in [-0.1, -0.05) is 6.07 Å². The molecule has 2 aliphatic heterocycles. The lowest BCUT2D eigenvalue weighted by atomic mass is 9.46. The van der Waals surface area contributed by atoms with Crippen molar-refractivity contribution in [1.29, 1.82) is 0 Å². The van der Waals surface area contributed by atoms with Crippen LogP contribution >= 0.6 is 0 Å². The van der Waals surface area contributed by atoms with E-state index in [-0.39, 0.29) is 23.9 Å². The highest BCUT2D eigenvalue weighted by atomic mass is 16.3. The summed E-state index contributed by atoms with van der Waals surface area (Å²) < 4.78 is 0. The van der Waals surface area contributed by atoms with E-state index >= 15 is 0 Å². The SMILES string of the molecule is O=C1CC(=O)[C@@]2(CC[C@@]3(O)[C@H]4[C@H](O)c5ccc(O)cc5[C@@]3(CCN4CC3CC3)C2)N1. The summed E-state index contributed by atoms with van der Waals surface area (Å²) in [5.74, 6) is 0.350. The number of aliphatic hydroxyl groups excluding tert-OH is 1. The first-order valence-electron chi connectivity index (χ1n) is 11.1. The first-order valence-corrected chi connectivity index (χ1v) is 11.1. The van der Waals surface area contributed by atoms with Crippen molar-refractivity contribution >= 4 is 11.7 Å². The highest BCUT2D eigenvalue weighted by molar-refractivity contribution is 6.10. The van der Waals surface area contributed by atoms with E-state index in [4.69, 9.17) is 0 Å². The number of piperidine rings is 1. The molecule has 30 heavy (non-hydrogen) atoms. The molecule has 5 atom stereocenters. The van der Waals surface area contributed by atoms with Crippen LogP contribution in [0.4, 0.5) is 0 Å². The Kier molecular flexibility index (Phi) is 3.65. The van der Waals surface area contributed by atoms with Gasteiger partial charge >= 0.3 is 0 Å². The molecule has 4 fully saturated rings. The van der Waals surface area contributed by atoms with Gasteiger partial charge in [0.2, 0.25) is 5.91 Å². The zero-order valence-corrected chi connectivity index (χ0v) is 16.9. The largest absolute Gasteiger partial charge is 0.508 e. The van der Waals surface area contributed by atoms with Crippen molar-refractivity contribution in [3.05, 3.63) is 29.3 Å². The van der Waals surface area contributed by atoms with E-state index in [1.807, 2.05) is 0 Å². The molecular formula is C23H28N2O5. The van der Waals surface area contributed by atoms with Crippen LogP contribution in [0, 0.1) is 5.92 Å². The van der Waals surface area contributed by atoms with Gasteiger partial charge < -0.3 is 20.6 Å². The third-order valence-corrected chi connectivity index (χ3v) is 8.67. The quantitative estimate of drug-likeness (QED) is 0.538. The molecule has 5 aliphatic rings. The Morgan fingerprint density at radius 1 is 1.17 bits per heavy atom. The second-order valence-electron chi connectivity index (χ2n) is 10.3. The molecule has 2 saturated carbocycles. The first kappa shape index (κ1) is 18.8. The van der Waals surface area contributed by atoms with E-state index in [1.54, 1.807) is 18.2 Å².